The van der Waals surface area contributed by atoms with Gasteiger partial charge in [0.2, 0.25) is 0 Å². The van der Waals surface area contributed by atoms with Crippen LogP contribution in [0.4, 0.5) is 5.69 Å². The number of methoxy groups -OCH3 is 1. The van der Waals surface area contributed by atoms with Gasteiger partial charge in [-0.2, -0.15) is 4.98 Å². The number of piperazine rings is 1. The fourth-order valence-corrected chi connectivity index (χ4v) is 2.87. The molecule has 1 atom stereocenters. The van der Waals surface area contributed by atoms with E-state index in [1.54, 1.807) is 0 Å². The predicted octanol–water partition coefficient (Wildman–Crippen LogP) is 1.63. The molecule has 1 aromatic heterocycles. The van der Waals surface area contributed by atoms with Crippen LogP contribution in [-0.4, -0.2) is 60.4 Å². The summed E-state index contributed by atoms with van der Waals surface area (Å²) >= 11 is 0. The Morgan fingerprint density at radius 2 is 2.27 bits per heavy atom. The summed E-state index contributed by atoms with van der Waals surface area (Å²) in [6.45, 7) is 4.63. The van der Waals surface area contributed by atoms with Crippen molar-refractivity contribution in [1.82, 2.24) is 20.4 Å². The Balaban J connectivity index is 2.02. The quantitative estimate of drug-likeness (QED) is 0.603. The van der Waals surface area contributed by atoms with Crippen molar-refractivity contribution >= 4 is 5.69 Å². The molecule has 26 heavy (non-hydrogen) atoms. The zero-order valence-corrected chi connectivity index (χ0v) is 14.9. The largest absolute Gasteiger partial charge is 0.493 e. The number of hydrogen-bond acceptors (Lipinski definition) is 9. The van der Waals surface area contributed by atoms with Gasteiger partial charge in [-0.25, -0.2) is 0 Å². The predicted molar refractivity (Wildman–Crippen MR) is 92.4 cm³/mol. The standard InChI is InChI=1S/C16H21N5O5/c1-4-25-14-7-10(11(21(22)23)8-13(14)24-3)16-18-15(19-26-16)12-9-17-5-6-20(12)2/h7-8,12,17H,4-6,9H2,1-3H3. The lowest BCUT2D eigenvalue weighted by atomic mass is 10.1. The Kier molecular flexibility index (Phi) is 5.33. The molecule has 10 nitrogen and oxygen atoms in total. The summed E-state index contributed by atoms with van der Waals surface area (Å²) in [6, 6.07) is 2.75. The lowest BCUT2D eigenvalue weighted by molar-refractivity contribution is -0.384. The normalized spacial score (nSPS) is 17.9. The molecule has 2 aromatic rings. The minimum absolute atomic E-state index is 0.0510. The van der Waals surface area contributed by atoms with E-state index in [9.17, 15) is 10.1 Å². The van der Waals surface area contributed by atoms with Crippen molar-refractivity contribution in [2.45, 2.75) is 13.0 Å². The van der Waals surface area contributed by atoms with Crippen LogP contribution >= 0.6 is 0 Å². The van der Waals surface area contributed by atoms with Crippen molar-refractivity contribution in [3.63, 3.8) is 0 Å². The van der Waals surface area contributed by atoms with Crippen LogP contribution < -0.4 is 14.8 Å². The van der Waals surface area contributed by atoms with Crippen LogP contribution in [0.15, 0.2) is 16.7 Å². The highest BCUT2D eigenvalue weighted by Gasteiger charge is 2.29. The SMILES string of the molecule is CCOc1cc(-c2nc(C3CNCCN3C)no2)c([N+](=O)[O-])cc1OC. The molecular formula is C16H21N5O5. The second-order valence-electron chi connectivity index (χ2n) is 5.87. The third-order valence-electron chi connectivity index (χ3n) is 4.26. The van der Waals surface area contributed by atoms with Gasteiger partial charge in [-0.1, -0.05) is 5.16 Å². The Labute approximate surface area is 150 Å². The number of likely N-dealkylation sites (N-methyl/N-ethyl adjacent to an activating group) is 1. The summed E-state index contributed by atoms with van der Waals surface area (Å²) < 4.78 is 16.0. The van der Waals surface area contributed by atoms with Crippen LogP contribution in [0, 0.1) is 10.1 Å². The van der Waals surface area contributed by atoms with Gasteiger partial charge in [0.1, 0.15) is 5.56 Å². The van der Waals surface area contributed by atoms with Gasteiger partial charge >= 0.3 is 0 Å². The summed E-state index contributed by atoms with van der Waals surface area (Å²) in [7, 11) is 3.41. The molecule has 0 spiro atoms. The van der Waals surface area contributed by atoms with E-state index >= 15 is 0 Å². The number of hydrogen-bond donors (Lipinski definition) is 1. The molecular weight excluding hydrogens is 342 g/mol. The molecule has 10 heteroatoms. The summed E-state index contributed by atoms with van der Waals surface area (Å²) in [4.78, 5) is 17.5. The molecule has 1 N–H and O–H groups in total. The average Bonchev–Trinajstić information content (AvgIpc) is 3.11. The molecule has 1 saturated heterocycles. The molecule has 1 aromatic carbocycles. The average molecular weight is 363 g/mol. The second kappa shape index (κ2) is 7.67. The first-order valence-corrected chi connectivity index (χ1v) is 8.29. The van der Waals surface area contributed by atoms with E-state index in [0.29, 0.717) is 24.7 Å². The van der Waals surface area contributed by atoms with Crippen molar-refractivity contribution in [1.29, 1.82) is 0 Å². The number of rotatable bonds is 6. The third kappa shape index (κ3) is 3.46. The fourth-order valence-electron chi connectivity index (χ4n) is 2.87. The van der Waals surface area contributed by atoms with Crippen molar-refractivity contribution < 1.29 is 18.9 Å². The van der Waals surface area contributed by atoms with Crippen molar-refractivity contribution in [2.75, 3.05) is 40.4 Å². The molecule has 1 fully saturated rings. The zero-order valence-electron chi connectivity index (χ0n) is 14.9. The molecule has 1 aliphatic heterocycles. The van der Waals surface area contributed by atoms with Gasteiger partial charge in [0.05, 0.1) is 30.7 Å². The van der Waals surface area contributed by atoms with Gasteiger partial charge < -0.3 is 19.3 Å². The van der Waals surface area contributed by atoms with E-state index in [-0.39, 0.29) is 28.9 Å². The Bertz CT molecular complexity index is 793. The summed E-state index contributed by atoms with van der Waals surface area (Å²) in [5.74, 6) is 1.22. The molecule has 0 saturated carbocycles. The minimum atomic E-state index is -0.508. The number of nitro groups is 1. The van der Waals surface area contributed by atoms with Gasteiger partial charge in [0, 0.05) is 25.7 Å². The van der Waals surface area contributed by atoms with E-state index < -0.39 is 4.92 Å². The molecule has 3 rings (SSSR count). The Hall–Kier alpha value is -2.72. The van der Waals surface area contributed by atoms with Crippen LogP contribution in [0.1, 0.15) is 18.8 Å². The first-order valence-electron chi connectivity index (χ1n) is 8.29. The number of nitro benzene ring substituents is 1. The zero-order chi connectivity index (χ0) is 18.7. The van der Waals surface area contributed by atoms with E-state index in [2.05, 4.69) is 20.4 Å². The van der Waals surface area contributed by atoms with Crippen LogP contribution in [0.5, 0.6) is 11.5 Å². The maximum absolute atomic E-state index is 11.5. The van der Waals surface area contributed by atoms with E-state index in [1.165, 1.54) is 19.2 Å². The van der Waals surface area contributed by atoms with Crippen LogP contribution in [-0.2, 0) is 0 Å². The molecule has 1 unspecified atom stereocenters. The van der Waals surface area contributed by atoms with E-state index in [0.717, 1.165) is 13.1 Å². The van der Waals surface area contributed by atoms with E-state index in [4.69, 9.17) is 14.0 Å². The summed E-state index contributed by atoms with van der Waals surface area (Å²) in [6.07, 6.45) is 0. The van der Waals surface area contributed by atoms with Crippen molar-refractivity contribution in [3.8, 4) is 23.0 Å². The van der Waals surface area contributed by atoms with Gasteiger partial charge in [-0.3, -0.25) is 15.0 Å². The summed E-state index contributed by atoms with van der Waals surface area (Å²) in [5.41, 5.74) is 0.0139. The maximum atomic E-state index is 11.5. The number of nitrogens with one attached hydrogen (secondary N) is 1. The Morgan fingerprint density at radius 3 is 2.92 bits per heavy atom. The Morgan fingerprint density at radius 1 is 1.46 bits per heavy atom. The molecule has 0 amide bonds. The number of aromatic nitrogens is 2. The topological polar surface area (TPSA) is 116 Å². The molecule has 140 valence electrons. The number of benzene rings is 1. The molecule has 1 aliphatic rings. The smallest absolute Gasteiger partial charge is 0.286 e. The first-order chi connectivity index (χ1) is 12.5. The summed E-state index contributed by atoms with van der Waals surface area (Å²) in [5, 5.41) is 18.8. The van der Waals surface area contributed by atoms with Crippen LogP contribution in [0.2, 0.25) is 0 Å². The number of ether oxygens (including phenoxy) is 2. The van der Waals surface area contributed by atoms with Crippen molar-refractivity contribution in [3.05, 3.63) is 28.1 Å². The van der Waals surface area contributed by atoms with Gasteiger partial charge in [0.15, 0.2) is 17.3 Å². The van der Waals surface area contributed by atoms with Crippen LogP contribution in [0.25, 0.3) is 11.5 Å². The molecule has 0 radical (unpaired) electrons. The first kappa shape index (κ1) is 18.1. The van der Waals surface area contributed by atoms with Gasteiger partial charge in [0.25, 0.3) is 11.6 Å². The van der Waals surface area contributed by atoms with Crippen molar-refractivity contribution in [2.24, 2.45) is 0 Å². The lowest BCUT2D eigenvalue weighted by Crippen LogP contribution is -2.44. The minimum Gasteiger partial charge on any atom is -0.493 e. The van der Waals surface area contributed by atoms with Gasteiger partial charge in [-0.15, -0.1) is 0 Å². The highest BCUT2D eigenvalue weighted by atomic mass is 16.6. The molecule has 0 bridgehead atoms. The second-order valence-corrected chi connectivity index (χ2v) is 5.87. The van der Waals surface area contributed by atoms with Crippen LogP contribution in [0.3, 0.4) is 0 Å². The number of nitrogens with zero attached hydrogens (tertiary/aromatic N) is 4. The highest BCUT2D eigenvalue weighted by Crippen LogP contribution is 2.39. The van der Waals surface area contributed by atoms with E-state index in [1.807, 2.05) is 14.0 Å². The lowest BCUT2D eigenvalue weighted by Gasteiger charge is -2.30. The van der Waals surface area contributed by atoms with Gasteiger partial charge in [-0.05, 0) is 14.0 Å². The fraction of sp³-hybridized carbons (Fsp3) is 0.500. The monoisotopic (exact) mass is 363 g/mol. The molecule has 0 aliphatic carbocycles. The maximum Gasteiger partial charge on any atom is 0.286 e. The third-order valence-corrected chi connectivity index (χ3v) is 4.26. The highest BCUT2D eigenvalue weighted by molar-refractivity contribution is 5.72. The molecule has 2 heterocycles.